The number of rotatable bonds is 6. The summed E-state index contributed by atoms with van der Waals surface area (Å²) < 4.78 is 0. The first kappa shape index (κ1) is 17.5. The van der Waals surface area contributed by atoms with Gasteiger partial charge in [0.1, 0.15) is 0 Å². The first-order valence-electron chi connectivity index (χ1n) is 9.62. The van der Waals surface area contributed by atoms with Crippen molar-refractivity contribution in [2.75, 3.05) is 7.05 Å². The van der Waals surface area contributed by atoms with Crippen molar-refractivity contribution >= 4 is 5.91 Å². The smallest absolute Gasteiger partial charge is 0.222 e. The minimum atomic E-state index is 0.304. The van der Waals surface area contributed by atoms with Crippen LogP contribution in [0.2, 0.25) is 0 Å². The molecule has 0 radical (unpaired) electrons. The van der Waals surface area contributed by atoms with Crippen LogP contribution in [0.15, 0.2) is 24.3 Å². The third-order valence-corrected chi connectivity index (χ3v) is 6.04. The highest BCUT2D eigenvalue weighted by Crippen LogP contribution is 2.33. The number of benzene rings is 1. The van der Waals surface area contributed by atoms with E-state index in [-0.39, 0.29) is 0 Å². The SMILES string of the molecule is CCC(Cc1ccc(C)cc1)N(C)C(=O)CC1CC2CCC(C1)N2. The van der Waals surface area contributed by atoms with Crippen LogP contribution in [-0.2, 0) is 11.2 Å². The molecule has 2 aliphatic heterocycles. The van der Waals surface area contributed by atoms with E-state index in [1.165, 1.54) is 36.8 Å². The highest BCUT2D eigenvalue weighted by molar-refractivity contribution is 5.76. The van der Waals surface area contributed by atoms with E-state index in [9.17, 15) is 4.79 Å². The standard InChI is InChI=1S/C21H32N2O/c1-4-20(13-16-7-5-15(2)6-8-16)23(3)21(24)14-17-11-18-9-10-19(12-17)22-18/h5-8,17-20,22H,4,9-14H2,1-3H3. The number of carbonyl (C=O) groups excluding carboxylic acids is 1. The average molecular weight is 329 g/mol. The highest BCUT2D eigenvalue weighted by atomic mass is 16.2. The highest BCUT2D eigenvalue weighted by Gasteiger charge is 2.35. The molecule has 132 valence electrons. The topological polar surface area (TPSA) is 32.3 Å². The van der Waals surface area contributed by atoms with E-state index < -0.39 is 0 Å². The Kier molecular flexibility index (Phi) is 5.60. The van der Waals surface area contributed by atoms with Gasteiger partial charge in [0.2, 0.25) is 5.91 Å². The van der Waals surface area contributed by atoms with Crippen molar-refractivity contribution in [2.24, 2.45) is 5.92 Å². The second-order valence-corrected chi connectivity index (χ2v) is 7.94. The molecule has 2 aliphatic rings. The molecular weight excluding hydrogens is 296 g/mol. The van der Waals surface area contributed by atoms with Gasteiger partial charge < -0.3 is 10.2 Å². The molecule has 0 saturated carbocycles. The lowest BCUT2D eigenvalue weighted by Crippen LogP contribution is -2.42. The predicted octanol–water partition coefficient (Wildman–Crippen LogP) is 3.70. The zero-order valence-electron chi connectivity index (χ0n) is 15.4. The average Bonchev–Trinajstić information content (AvgIpc) is 2.92. The van der Waals surface area contributed by atoms with Gasteiger partial charge in [0.05, 0.1) is 0 Å². The Balaban J connectivity index is 1.55. The van der Waals surface area contributed by atoms with Gasteiger partial charge >= 0.3 is 0 Å². The number of aryl methyl sites for hydroxylation is 1. The Morgan fingerprint density at radius 1 is 1.21 bits per heavy atom. The summed E-state index contributed by atoms with van der Waals surface area (Å²) in [4.78, 5) is 14.8. The number of nitrogens with one attached hydrogen (secondary N) is 1. The summed E-state index contributed by atoms with van der Waals surface area (Å²) in [5.41, 5.74) is 2.61. The molecule has 3 rings (SSSR count). The van der Waals surface area contributed by atoms with Crippen LogP contribution < -0.4 is 5.32 Å². The van der Waals surface area contributed by atoms with Crippen molar-refractivity contribution in [2.45, 2.75) is 76.9 Å². The molecule has 3 heteroatoms. The number of carbonyl (C=O) groups is 1. The molecule has 1 aromatic carbocycles. The fourth-order valence-corrected chi connectivity index (χ4v) is 4.49. The Hall–Kier alpha value is -1.35. The van der Waals surface area contributed by atoms with E-state index in [4.69, 9.17) is 0 Å². The van der Waals surface area contributed by atoms with Crippen LogP contribution in [0.1, 0.15) is 56.6 Å². The molecule has 2 saturated heterocycles. The number of amides is 1. The van der Waals surface area contributed by atoms with Crippen LogP contribution in [-0.4, -0.2) is 36.0 Å². The van der Waals surface area contributed by atoms with Crippen molar-refractivity contribution in [3.8, 4) is 0 Å². The van der Waals surface area contributed by atoms with Gasteiger partial charge in [0.25, 0.3) is 0 Å². The molecule has 3 unspecified atom stereocenters. The van der Waals surface area contributed by atoms with E-state index in [0.29, 0.717) is 30.0 Å². The summed E-state index contributed by atoms with van der Waals surface area (Å²) >= 11 is 0. The van der Waals surface area contributed by atoms with Gasteiger partial charge in [-0.3, -0.25) is 4.79 Å². The molecule has 1 N–H and O–H groups in total. The number of piperidine rings is 1. The van der Waals surface area contributed by atoms with Crippen molar-refractivity contribution in [3.63, 3.8) is 0 Å². The molecule has 1 aromatic rings. The third kappa shape index (κ3) is 4.18. The van der Waals surface area contributed by atoms with E-state index in [1.54, 1.807) is 0 Å². The lowest BCUT2D eigenvalue weighted by Gasteiger charge is -2.32. The summed E-state index contributed by atoms with van der Waals surface area (Å²) in [6.45, 7) is 4.30. The number of hydrogen-bond donors (Lipinski definition) is 1. The van der Waals surface area contributed by atoms with Gasteiger partial charge in [-0.25, -0.2) is 0 Å². The number of hydrogen-bond acceptors (Lipinski definition) is 2. The Morgan fingerprint density at radius 2 is 1.83 bits per heavy atom. The number of fused-ring (bicyclic) bond motifs is 2. The molecule has 0 aliphatic carbocycles. The fraction of sp³-hybridized carbons (Fsp3) is 0.667. The molecule has 0 spiro atoms. The largest absolute Gasteiger partial charge is 0.342 e. The quantitative estimate of drug-likeness (QED) is 0.863. The maximum Gasteiger partial charge on any atom is 0.222 e. The fourth-order valence-electron chi connectivity index (χ4n) is 4.49. The summed E-state index contributed by atoms with van der Waals surface area (Å²) in [6.07, 6.45) is 7.67. The van der Waals surface area contributed by atoms with Gasteiger partial charge in [-0.15, -0.1) is 0 Å². The van der Waals surface area contributed by atoms with Gasteiger partial charge in [0.15, 0.2) is 0 Å². The lowest BCUT2D eigenvalue weighted by atomic mass is 9.89. The predicted molar refractivity (Wildman–Crippen MR) is 99.0 cm³/mol. The van der Waals surface area contributed by atoms with Crippen molar-refractivity contribution in [1.29, 1.82) is 0 Å². The number of nitrogens with zero attached hydrogens (tertiary/aromatic N) is 1. The second-order valence-electron chi connectivity index (χ2n) is 7.94. The molecule has 1 amide bonds. The first-order chi connectivity index (χ1) is 11.5. The third-order valence-electron chi connectivity index (χ3n) is 6.04. The summed E-state index contributed by atoms with van der Waals surface area (Å²) in [5, 5.41) is 3.67. The van der Waals surface area contributed by atoms with Crippen LogP contribution >= 0.6 is 0 Å². The first-order valence-corrected chi connectivity index (χ1v) is 9.62. The van der Waals surface area contributed by atoms with Crippen LogP contribution in [0.25, 0.3) is 0 Å². The van der Waals surface area contributed by atoms with Gasteiger partial charge in [-0.2, -0.15) is 0 Å². The molecule has 0 aromatic heterocycles. The normalized spacial score (nSPS) is 27.0. The zero-order valence-corrected chi connectivity index (χ0v) is 15.4. The molecule has 2 heterocycles. The van der Waals surface area contributed by atoms with E-state index in [0.717, 1.165) is 19.3 Å². The van der Waals surface area contributed by atoms with Gasteiger partial charge in [-0.1, -0.05) is 36.8 Å². The molecule has 24 heavy (non-hydrogen) atoms. The Labute approximate surface area is 146 Å². The maximum absolute atomic E-state index is 12.8. The zero-order chi connectivity index (χ0) is 17.1. The van der Waals surface area contributed by atoms with Gasteiger partial charge in [0, 0.05) is 31.6 Å². The van der Waals surface area contributed by atoms with E-state index in [1.807, 2.05) is 11.9 Å². The van der Waals surface area contributed by atoms with Crippen LogP contribution in [0.4, 0.5) is 0 Å². The van der Waals surface area contributed by atoms with E-state index >= 15 is 0 Å². The number of likely N-dealkylation sites (N-methyl/N-ethyl adjacent to an activating group) is 1. The van der Waals surface area contributed by atoms with Gasteiger partial charge in [-0.05, 0) is 56.9 Å². The summed E-state index contributed by atoms with van der Waals surface area (Å²) in [5.74, 6) is 0.913. The Morgan fingerprint density at radius 3 is 2.42 bits per heavy atom. The molecule has 2 bridgehead atoms. The molecule has 3 atom stereocenters. The van der Waals surface area contributed by atoms with Crippen molar-refractivity contribution in [1.82, 2.24) is 10.2 Å². The molecule has 2 fully saturated rings. The summed E-state index contributed by atoms with van der Waals surface area (Å²) in [6, 6.07) is 10.4. The molecular formula is C21H32N2O. The maximum atomic E-state index is 12.8. The van der Waals surface area contributed by atoms with E-state index in [2.05, 4.69) is 43.4 Å². The Bertz CT molecular complexity index is 541. The minimum Gasteiger partial charge on any atom is -0.342 e. The van der Waals surface area contributed by atoms with Crippen LogP contribution in [0.5, 0.6) is 0 Å². The summed E-state index contributed by atoms with van der Waals surface area (Å²) in [7, 11) is 2.00. The molecule has 3 nitrogen and oxygen atoms in total. The van der Waals surface area contributed by atoms with Crippen molar-refractivity contribution < 1.29 is 4.79 Å². The second kappa shape index (κ2) is 7.69. The van der Waals surface area contributed by atoms with Crippen molar-refractivity contribution in [3.05, 3.63) is 35.4 Å². The van der Waals surface area contributed by atoms with Crippen LogP contribution in [0.3, 0.4) is 0 Å². The minimum absolute atomic E-state index is 0.304. The van der Waals surface area contributed by atoms with Crippen LogP contribution in [0, 0.1) is 12.8 Å². The monoisotopic (exact) mass is 328 g/mol. The lowest BCUT2D eigenvalue weighted by molar-refractivity contribution is -0.133.